The summed E-state index contributed by atoms with van der Waals surface area (Å²) in [6, 6.07) is 7.80. The standard InChI is InChI=1S/C21H24BrNO3/c1-5-26-20(25)17-12(2)23-15-10-21(3,4)11-16(24)19(15)18(17)13-7-6-8-14(22)9-13/h6-9,18,23H,5,10-11H2,1-4H3. The van der Waals surface area contributed by atoms with Crippen LogP contribution in [0.1, 0.15) is 52.0 Å². The van der Waals surface area contributed by atoms with Crippen molar-refractivity contribution in [1.29, 1.82) is 0 Å². The van der Waals surface area contributed by atoms with Crippen LogP contribution in [-0.4, -0.2) is 18.4 Å². The van der Waals surface area contributed by atoms with Gasteiger partial charge in [0, 0.05) is 33.8 Å². The Hall–Kier alpha value is -1.88. The summed E-state index contributed by atoms with van der Waals surface area (Å²) >= 11 is 3.50. The van der Waals surface area contributed by atoms with Gasteiger partial charge in [-0.25, -0.2) is 4.79 Å². The van der Waals surface area contributed by atoms with Crippen molar-refractivity contribution in [2.45, 2.75) is 46.5 Å². The predicted molar refractivity (Wildman–Crippen MR) is 104 cm³/mol. The molecule has 0 spiro atoms. The topological polar surface area (TPSA) is 55.4 Å². The number of esters is 1. The van der Waals surface area contributed by atoms with Gasteiger partial charge in [-0.3, -0.25) is 4.79 Å². The number of allylic oxidation sites excluding steroid dienone is 3. The third kappa shape index (κ3) is 3.50. The molecule has 0 fully saturated rings. The maximum absolute atomic E-state index is 13.1. The van der Waals surface area contributed by atoms with Crippen LogP contribution >= 0.6 is 15.9 Å². The number of nitrogens with one attached hydrogen (secondary N) is 1. The highest BCUT2D eigenvalue weighted by atomic mass is 79.9. The van der Waals surface area contributed by atoms with E-state index in [1.54, 1.807) is 6.92 Å². The van der Waals surface area contributed by atoms with E-state index in [0.29, 0.717) is 24.2 Å². The van der Waals surface area contributed by atoms with Gasteiger partial charge in [-0.1, -0.05) is 41.9 Å². The zero-order chi connectivity index (χ0) is 19.1. The summed E-state index contributed by atoms with van der Waals surface area (Å²) in [6.07, 6.45) is 1.26. The van der Waals surface area contributed by atoms with Crippen LogP contribution in [0.3, 0.4) is 0 Å². The van der Waals surface area contributed by atoms with Gasteiger partial charge >= 0.3 is 5.97 Å². The summed E-state index contributed by atoms with van der Waals surface area (Å²) in [6.45, 7) is 8.17. The molecule has 0 aromatic heterocycles. The quantitative estimate of drug-likeness (QED) is 0.729. The number of hydrogen-bond donors (Lipinski definition) is 1. The summed E-state index contributed by atoms with van der Waals surface area (Å²) in [5.74, 6) is -0.666. The van der Waals surface area contributed by atoms with Crippen molar-refractivity contribution < 1.29 is 14.3 Å². The van der Waals surface area contributed by atoms with Crippen LogP contribution in [0.4, 0.5) is 0 Å². The second kappa shape index (κ2) is 7.03. The second-order valence-corrected chi connectivity index (χ2v) is 8.62. The maximum atomic E-state index is 13.1. The molecule has 0 saturated carbocycles. The first-order valence-electron chi connectivity index (χ1n) is 8.90. The Bertz CT molecular complexity index is 835. The highest BCUT2D eigenvalue weighted by Crippen LogP contribution is 2.47. The highest BCUT2D eigenvalue weighted by Gasteiger charge is 2.43. The van der Waals surface area contributed by atoms with Crippen LogP contribution < -0.4 is 5.32 Å². The molecule has 2 aliphatic rings. The van der Waals surface area contributed by atoms with E-state index in [-0.39, 0.29) is 17.2 Å². The molecule has 1 N–H and O–H groups in total. The zero-order valence-corrected chi connectivity index (χ0v) is 17.2. The zero-order valence-electron chi connectivity index (χ0n) is 15.6. The Morgan fingerprint density at radius 3 is 2.73 bits per heavy atom. The van der Waals surface area contributed by atoms with Gasteiger partial charge in [0.15, 0.2) is 5.78 Å². The van der Waals surface area contributed by atoms with Crippen molar-refractivity contribution in [2.75, 3.05) is 6.61 Å². The monoisotopic (exact) mass is 417 g/mol. The summed E-state index contributed by atoms with van der Waals surface area (Å²) in [7, 11) is 0. The van der Waals surface area contributed by atoms with Crippen LogP contribution in [0.5, 0.6) is 0 Å². The largest absolute Gasteiger partial charge is 0.463 e. The SMILES string of the molecule is CCOC(=O)C1=C(C)NC2=C(C(=O)CC(C)(C)C2)C1c1cccc(Br)c1. The van der Waals surface area contributed by atoms with Gasteiger partial charge in [0.25, 0.3) is 0 Å². The van der Waals surface area contributed by atoms with E-state index >= 15 is 0 Å². The minimum atomic E-state index is -0.397. The molecule has 1 unspecified atom stereocenters. The second-order valence-electron chi connectivity index (χ2n) is 7.71. The van der Waals surface area contributed by atoms with Gasteiger partial charge < -0.3 is 10.1 Å². The van der Waals surface area contributed by atoms with Gasteiger partial charge in [0.1, 0.15) is 0 Å². The first kappa shape index (κ1) is 18.9. The van der Waals surface area contributed by atoms with Crippen molar-refractivity contribution >= 4 is 27.7 Å². The van der Waals surface area contributed by atoms with E-state index in [2.05, 4.69) is 35.1 Å². The minimum Gasteiger partial charge on any atom is -0.463 e. The van der Waals surface area contributed by atoms with E-state index in [1.807, 2.05) is 31.2 Å². The smallest absolute Gasteiger partial charge is 0.336 e. The fourth-order valence-corrected chi connectivity index (χ4v) is 4.35. The van der Waals surface area contributed by atoms with Crippen molar-refractivity contribution in [2.24, 2.45) is 5.41 Å². The predicted octanol–water partition coefficient (Wildman–Crippen LogP) is 4.62. The van der Waals surface area contributed by atoms with E-state index < -0.39 is 5.92 Å². The Morgan fingerprint density at radius 1 is 1.35 bits per heavy atom. The van der Waals surface area contributed by atoms with Crippen LogP contribution in [0.2, 0.25) is 0 Å². The Morgan fingerprint density at radius 2 is 2.08 bits per heavy atom. The Kier molecular flexibility index (Phi) is 5.11. The summed E-state index contributed by atoms with van der Waals surface area (Å²) in [4.78, 5) is 25.8. The third-order valence-corrected chi connectivity index (χ3v) is 5.41. The molecule has 1 aromatic carbocycles. The molecule has 1 heterocycles. The van der Waals surface area contributed by atoms with Gasteiger partial charge in [-0.2, -0.15) is 0 Å². The van der Waals surface area contributed by atoms with Crippen molar-refractivity contribution in [3.05, 3.63) is 56.8 Å². The molecule has 4 nitrogen and oxygen atoms in total. The number of rotatable bonds is 3. The van der Waals surface area contributed by atoms with Gasteiger partial charge in [-0.05, 0) is 43.4 Å². The molecule has 0 amide bonds. The summed E-state index contributed by atoms with van der Waals surface area (Å²) in [5, 5.41) is 3.33. The number of halogens is 1. The molecule has 26 heavy (non-hydrogen) atoms. The number of carbonyl (C=O) groups excluding carboxylic acids is 2. The van der Waals surface area contributed by atoms with E-state index in [9.17, 15) is 9.59 Å². The number of ketones is 1. The van der Waals surface area contributed by atoms with Gasteiger partial charge in [-0.15, -0.1) is 0 Å². The van der Waals surface area contributed by atoms with E-state index in [0.717, 1.165) is 27.9 Å². The van der Waals surface area contributed by atoms with Gasteiger partial charge in [0.05, 0.1) is 12.2 Å². The maximum Gasteiger partial charge on any atom is 0.336 e. The van der Waals surface area contributed by atoms with Crippen LogP contribution in [0.25, 0.3) is 0 Å². The molecule has 1 aliphatic heterocycles. The molecule has 1 aromatic rings. The average Bonchev–Trinajstić information content (AvgIpc) is 2.52. The summed E-state index contributed by atoms with van der Waals surface area (Å²) < 4.78 is 6.22. The van der Waals surface area contributed by atoms with Crippen molar-refractivity contribution in [3.63, 3.8) is 0 Å². The number of carbonyl (C=O) groups is 2. The average molecular weight is 418 g/mol. The van der Waals surface area contributed by atoms with Crippen LogP contribution in [-0.2, 0) is 14.3 Å². The lowest BCUT2D eigenvalue weighted by atomic mass is 9.68. The Balaban J connectivity index is 2.18. The number of ether oxygens (including phenoxy) is 1. The van der Waals surface area contributed by atoms with E-state index in [4.69, 9.17) is 4.74 Å². The first-order chi connectivity index (χ1) is 12.2. The lowest BCUT2D eigenvalue weighted by Gasteiger charge is -2.39. The van der Waals surface area contributed by atoms with Crippen LogP contribution in [0, 0.1) is 5.41 Å². The minimum absolute atomic E-state index is 0.0908. The van der Waals surface area contributed by atoms with E-state index in [1.165, 1.54) is 0 Å². The number of dihydropyridines is 1. The molecule has 5 heteroatoms. The Labute approximate surface area is 162 Å². The third-order valence-electron chi connectivity index (χ3n) is 4.92. The fourth-order valence-electron chi connectivity index (χ4n) is 3.93. The molecule has 0 radical (unpaired) electrons. The lowest BCUT2D eigenvalue weighted by Crippen LogP contribution is -2.38. The molecule has 3 rings (SSSR count). The number of hydrogen-bond acceptors (Lipinski definition) is 4. The number of Topliss-reactive ketones (excluding diaryl/α,β-unsaturated/α-hetero) is 1. The molecular weight excluding hydrogens is 394 g/mol. The molecule has 1 atom stereocenters. The molecule has 138 valence electrons. The molecule has 1 aliphatic carbocycles. The highest BCUT2D eigenvalue weighted by molar-refractivity contribution is 9.10. The lowest BCUT2D eigenvalue weighted by molar-refractivity contribution is -0.138. The number of benzene rings is 1. The normalized spacial score (nSPS) is 22.0. The molecule has 0 bridgehead atoms. The molecular formula is C21H24BrNO3. The first-order valence-corrected chi connectivity index (χ1v) is 9.69. The molecule has 0 saturated heterocycles. The van der Waals surface area contributed by atoms with Crippen LogP contribution in [0.15, 0.2) is 51.3 Å². The summed E-state index contributed by atoms with van der Waals surface area (Å²) in [5.41, 5.74) is 3.75. The van der Waals surface area contributed by atoms with Crippen molar-refractivity contribution in [3.8, 4) is 0 Å². The fraction of sp³-hybridized carbons (Fsp3) is 0.429. The van der Waals surface area contributed by atoms with Gasteiger partial charge in [0.2, 0.25) is 0 Å². The van der Waals surface area contributed by atoms with Crippen molar-refractivity contribution in [1.82, 2.24) is 5.32 Å².